The van der Waals surface area contributed by atoms with Gasteiger partial charge in [0.05, 0.1) is 7.11 Å². The van der Waals surface area contributed by atoms with Crippen molar-refractivity contribution in [1.29, 1.82) is 0 Å². The van der Waals surface area contributed by atoms with Crippen LogP contribution in [0.1, 0.15) is 15.9 Å². The van der Waals surface area contributed by atoms with Crippen LogP contribution in [0.5, 0.6) is 11.5 Å². The van der Waals surface area contributed by atoms with Gasteiger partial charge in [0.15, 0.2) is 0 Å². The van der Waals surface area contributed by atoms with Crippen molar-refractivity contribution in [2.24, 2.45) is 0 Å². The van der Waals surface area contributed by atoms with Gasteiger partial charge in [0, 0.05) is 10.5 Å². The van der Waals surface area contributed by atoms with Crippen LogP contribution in [0, 0.1) is 0 Å². The molecule has 2 aromatic rings. The second-order valence-corrected chi connectivity index (χ2v) is 5.00. The van der Waals surface area contributed by atoms with Gasteiger partial charge < -0.3 is 14.6 Å². The van der Waals surface area contributed by atoms with Crippen molar-refractivity contribution in [3.05, 3.63) is 58.1 Å². The van der Waals surface area contributed by atoms with Gasteiger partial charge in [-0.3, -0.25) is 0 Å². The third-order valence-corrected chi connectivity index (χ3v) is 3.16. The molecule has 0 saturated carbocycles. The number of esters is 1. The molecule has 0 aliphatic heterocycles. The molecular formula is C15H13BrO4. The van der Waals surface area contributed by atoms with Crippen LogP contribution < -0.4 is 4.74 Å². The van der Waals surface area contributed by atoms with E-state index in [2.05, 4.69) is 20.7 Å². The zero-order valence-corrected chi connectivity index (χ0v) is 12.4. The summed E-state index contributed by atoms with van der Waals surface area (Å²) < 4.78 is 11.1. The molecule has 5 heteroatoms. The monoisotopic (exact) mass is 336 g/mol. The summed E-state index contributed by atoms with van der Waals surface area (Å²) in [5.41, 5.74) is 1.11. The number of ether oxygens (including phenoxy) is 2. The lowest BCUT2D eigenvalue weighted by Crippen LogP contribution is -2.02. The van der Waals surface area contributed by atoms with Crippen molar-refractivity contribution < 1.29 is 19.4 Å². The van der Waals surface area contributed by atoms with E-state index < -0.39 is 5.97 Å². The predicted molar refractivity (Wildman–Crippen MR) is 77.9 cm³/mol. The number of carbonyl (C=O) groups excluding carboxylic acids is 1. The molecule has 20 heavy (non-hydrogen) atoms. The largest absolute Gasteiger partial charge is 0.507 e. The zero-order chi connectivity index (χ0) is 14.5. The summed E-state index contributed by atoms with van der Waals surface area (Å²) >= 11 is 3.39. The van der Waals surface area contributed by atoms with Crippen molar-refractivity contribution in [2.45, 2.75) is 6.61 Å². The third kappa shape index (κ3) is 3.51. The maximum absolute atomic E-state index is 11.3. The minimum absolute atomic E-state index is 0.113. The van der Waals surface area contributed by atoms with Gasteiger partial charge in [0.2, 0.25) is 0 Å². The van der Waals surface area contributed by atoms with E-state index in [9.17, 15) is 9.90 Å². The number of halogens is 1. The number of phenolic OH excluding ortho intramolecular Hbond substituents is 1. The Bertz CT molecular complexity index is 625. The Morgan fingerprint density at radius 3 is 2.70 bits per heavy atom. The molecule has 0 heterocycles. The van der Waals surface area contributed by atoms with Crippen molar-refractivity contribution in [2.75, 3.05) is 7.11 Å². The van der Waals surface area contributed by atoms with E-state index in [-0.39, 0.29) is 11.3 Å². The Morgan fingerprint density at radius 1 is 1.25 bits per heavy atom. The van der Waals surface area contributed by atoms with E-state index in [1.165, 1.54) is 19.2 Å². The standard InChI is InChI=1S/C15H13BrO4/c1-19-15(18)13-6-5-12(8-14(13)17)20-9-10-3-2-4-11(16)7-10/h2-8,17H,9H2,1H3. The average molecular weight is 337 g/mol. The summed E-state index contributed by atoms with van der Waals surface area (Å²) in [7, 11) is 1.26. The number of methoxy groups -OCH3 is 1. The molecule has 0 amide bonds. The fourth-order valence-electron chi connectivity index (χ4n) is 1.68. The van der Waals surface area contributed by atoms with Crippen LogP contribution in [0.3, 0.4) is 0 Å². The lowest BCUT2D eigenvalue weighted by molar-refractivity contribution is 0.0597. The molecule has 0 bridgehead atoms. The van der Waals surface area contributed by atoms with Crippen molar-refractivity contribution >= 4 is 21.9 Å². The molecule has 0 aromatic heterocycles. The fraction of sp³-hybridized carbons (Fsp3) is 0.133. The maximum Gasteiger partial charge on any atom is 0.341 e. The average Bonchev–Trinajstić information content (AvgIpc) is 2.44. The minimum Gasteiger partial charge on any atom is -0.507 e. The van der Waals surface area contributed by atoms with Gasteiger partial charge >= 0.3 is 5.97 Å². The second-order valence-electron chi connectivity index (χ2n) is 4.09. The van der Waals surface area contributed by atoms with Crippen molar-refractivity contribution in [3.8, 4) is 11.5 Å². The van der Waals surface area contributed by atoms with Crippen LogP contribution in [0.25, 0.3) is 0 Å². The molecule has 0 radical (unpaired) electrons. The number of phenols is 1. The van der Waals surface area contributed by atoms with Crippen LogP contribution in [0.15, 0.2) is 46.9 Å². The highest BCUT2D eigenvalue weighted by Crippen LogP contribution is 2.25. The molecule has 0 saturated heterocycles. The van der Waals surface area contributed by atoms with Crippen LogP contribution in [0.2, 0.25) is 0 Å². The normalized spacial score (nSPS) is 10.1. The fourth-order valence-corrected chi connectivity index (χ4v) is 2.12. The first-order chi connectivity index (χ1) is 9.60. The molecule has 0 aliphatic carbocycles. The zero-order valence-electron chi connectivity index (χ0n) is 10.8. The smallest absolute Gasteiger partial charge is 0.341 e. The summed E-state index contributed by atoms with van der Waals surface area (Å²) in [5.74, 6) is -0.264. The molecule has 0 aliphatic rings. The molecule has 2 aromatic carbocycles. The lowest BCUT2D eigenvalue weighted by atomic mass is 10.2. The van der Waals surface area contributed by atoms with Gasteiger partial charge in [-0.1, -0.05) is 28.1 Å². The van der Waals surface area contributed by atoms with Gasteiger partial charge in [0.25, 0.3) is 0 Å². The first-order valence-electron chi connectivity index (χ1n) is 5.88. The van der Waals surface area contributed by atoms with E-state index in [0.29, 0.717) is 12.4 Å². The molecule has 0 unspecified atom stereocenters. The molecule has 104 valence electrons. The lowest BCUT2D eigenvalue weighted by Gasteiger charge is -2.08. The van der Waals surface area contributed by atoms with Crippen LogP contribution in [0.4, 0.5) is 0 Å². The van der Waals surface area contributed by atoms with Gasteiger partial charge in [0.1, 0.15) is 23.7 Å². The molecule has 0 atom stereocenters. The topological polar surface area (TPSA) is 55.8 Å². The van der Waals surface area contributed by atoms with Gasteiger partial charge in [-0.2, -0.15) is 0 Å². The number of carbonyl (C=O) groups is 1. The molecule has 0 fully saturated rings. The van der Waals surface area contributed by atoms with E-state index in [1.54, 1.807) is 6.07 Å². The Balaban J connectivity index is 2.07. The number of rotatable bonds is 4. The van der Waals surface area contributed by atoms with Crippen molar-refractivity contribution in [1.82, 2.24) is 0 Å². The number of hydrogen-bond donors (Lipinski definition) is 1. The van der Waals surface area contributed by atoms with Crippen LogP contribution in [-0.4, -0.2) is 18.2 Å². The van der Waals surface area contributed by atoms with Crippen LogP contribution in [-0.2, 0) is 11.3 Å². The number of aromatic hydroxyl groups is 1. The molecule has 1 N–H and O–H groups in total. The van der Waals surface area contributed by atoms with E-state index in [0.717, 1.165) is 10.0 Å². The summed E-state index contributed by atoms with van der Waals surface area (Å²) in [4.78, 5) is 11.3. The highest BCUT2D eigenvalue weighted by molar-refractivity contribution is 9.10. The quantitative estimate of drug-likeness (QED) is 0.868. The summed E-state index contributed by atoms with van der Waals surface area (Å²) in [5, 5.41) is 9.75. The second kappa shape index (κ2) is 6.43. The summed E-state index contributed by atoms with van der Waals surface area (Å²) in [6, 6.07) is 12.2. The first kappa shape index (κ1) is 14.4. The van der Waals surface area contributed by atoms with E-state index >= 15 is 0 Å². The molecular weight excluding hydrogens is 324 g/mol. The SMILES string of the molecule is COC(=O)c1ccc(OCc2cccc(Br)c2)cc1O. The molecule has 2 rings (SSSR count). The Labute approximate surface area is 125 Å². The van der Waals surface area contributed by atoms with Gasteiger partial charge in [-0.15, -0.1) is 0 Å². The summed E-state index contributed by atoms with van der Waals surface area (Å²) in [6.45, 7) is 0.371. The van der Waals surface area contributed by atoms with Crippen LogP contribution >= 0.6 is 15.9 Å². The van der Waals surface area contributed by atoms with Gasteiger partial charge in [-0.05, 0) is 29.8 Å². The highest BCUT2D eigenvalue weighted by Gasteiger charge is 2.12. The Kier molecular flexibility index (Phi) is 4.63. The highest BCUT2D eigenvalue weighted by atomic mass is 79.9. The first-order valence-corrected chi connectivity index (χ1v) is 6.68. The van der Waals surface area contributed by atoms with Gasteiger partial charge in [-0.25, -0.2) is 4.79 Å². The maximum atomic E-state index is 11.3. The molecule has 4 nitrogen and oxygen atoms in total. The predicted octanol–water partition coefficient (Wildman–Crippen LogP) is 3.52. The van der Waals surface area contributed by atoms with E-state index in [1.807, 2.05) is 24.3 Å². The Morgan fingerprint density at radius 2 is 2.05 bits per heavy atom. The number of hydrogen-bond acceptors (Lipinski definition) is 4. The minimum atomic E-state index is -0.582. The van der Waals surface area contributed by atoms with E-state index in [4.69, 9.17) is 4.74 Å². The number of benzene rings is 2. The van der Waals surface area contributed by atoms with Crippen molar-refractivity contribution in [3.63, 3.8) is 0 Å². The molecule has 0 spiro atoms. The summed E-state index contributed by atoms with van der Waals surface area (Å²) in [6.07, 6.45) is 0. The Hall–Kier alpha value is -2.01. The third-order valence-electron chi connectivity index (χ3n) is 2.67.